The van der Waals surface area contributed by atoms with Crippen molar-refractivity contribution in [1.29, 1.82) is 0 Å². The summed E-state index contributed by atoms with van der Waals surface area (Å²) in [6.45, 7) is 5.36. The lowest BCUT2D eigenvalue weighted by atomic mass is 10.3. The molecule has 0 unspecified atom stereocenters. The fourth-order valence-electron chi connectivity index (χ4n) is 1.61. The lowest BCUT2D eigenvalue weighted by molar-refractivity contribution is 0.196. The van der Waals surface area contributed by atoms with Crippen LogP contribution in [-0.4, -0.2) is 38.8 Å². The Bertz CT molecular complexity index is 360. The third kappa shape index (κ3) is 4.80. The highest BCUT2D eigenvalue weighted by Crippen LogP contribution is 2.18. The first-order valence-corrected chi connectivity index (χ1v) is 6.63. The van der Waals surface area contributed by atoms with Crippen molar-refractivity contribution >= 4 is 17.4 Å². The molecule has 1 rings (SSSR count). The number of rotatable bonds is 8. The van der Waals surface area contributed by atoms with Gasteiger partial charge in [-0.15, -0.1) is 0 Å². The minimum atomic E-state index is 0.703. The second kappa shape index (κ2) is 8.29. The van der Waals surface area contributed by atoms with Crippen molar-refractivity contribution in [3.8, 4) is 0 Å². The number of methoxy groups -OCH3 is 1. The smallest absolute Gasteiger partial charge is 0.128 e. The van der Waals surface area contributed by atoms with Crippen LogP contribution in [0.4, 0.5) is 5.82 Å². The molecule has 1 aromatic rings. The molecule has 0 atom stereocenters. The van der Waals surface area contributed by atoms with Crippen LogP contribution >= 0.6 is 11.6 Å². The first-order valence-electron chi connectivity index (χ1n) is 6.25. The number of pyridine rings is 1. The Labute approximate surface area is 114 Å². The number of ether oxygens (including phenoxy) is 1. The van der Waals surface area contributed by atoms with E-state index < -0.39 is 0 Å². The molecule has 0 aliphatic rings. The van der Waals surface area contributed by atoms with Gasteiger partial charge in [-0.2, -0.15) is 0 Å². The molecule has 0 spiro atoms. The maximum Gasteiger partial charge on any atom is 0.128 e. The fraction of sp³-hybridized carbons (Fsp3) is 0.615. The van der Waals surface area contributed by atoms with Gasteiger partial charge in [0.2, 0.25) is 0 Å². The Hall–Kier alpha value is -0.840. The van der Waals surface area contributed by atoms with Gasteiger partial charge >= 0.3 is 0 Å². The quantitative estimate of drug-likeness (QED) is 0.737. The second-order valence-electron chi connectivity index (χ2n) is 4.15. The summed E-state index contributed by atoms with van der Waals surface area (Å²) < 4.78 is 5.05. The second-order valence-corrected chi connectivity index (χ2v) is 4.55. The third-order valence-electron chi connectivity index (χ3n) is 2.68. The largest absolute Gasteiger partial charge is 0.385 e. The average Bonchev–Trinajstić information content (AvgIpc) is 2.38. The highest BCUT2D eigenvalue weighted by molar-refractivity contribution is 6.31. The van der Waals surface area contributed by atoms with Crippen LogP contribution in [0.15, 0.2) is 12.1 Å². The van der Waals surface area contributed by atoms with Crippen LogP contribution in [0.5, 0.6) is 0 Å². The molecule has 0 aliphatic carbocycles. The SMILES string of the molecule is CCNCc1nc(N(C)CCCOC)ccc1Cl. The van der Waals surface area contributed by atoms with E-state index in [1.165, 1.54) is 0 Å². The van der Waals surface area contributed by atoms with E-state index in [1.807, 2.05) is 19.2 Å². The zero-order chi connectivity index (χ0) is 13.4. The molecule has 0 aromatic carbocycles. The van der Waals surface area contributed by atoms with Gasteiger partial charge in [-0.25, -0.2) is 4.98 Å². The van der Waals surface area contributed by atoms with E-state index in [0.717, 1.165) is 37.6 Å². The lowest BCUT2D eigenvalue weighted by Crippen LogP contribution is -2.22. The van der Waals surface area contributed by atoms with Crippen LogP contribution in [0.3, 0.4) is 0 Å². The molecule has 0 bridgehead atoms. The molecule has 0 amide bonds. The van der Waals surface area contributed by atoms with Crippen molar-refractivity contribution in [2.45, 2.75) is 19.9 Å². The summed E-state index contributed by atoms with van der Waals surface area (Å²) in [5.41, 5.74) is 0.898. The molecule has 4 nitrogen and oxygen atoms in total. The number of hydrogen-bond donors (Lipinski definition) is 1. The van der Waals surface area contributed by atoms with E-state index in [0.29, 0.717) is 11.6 Å². The van der Waals surface area contributed by atoms with Crippen molar-refractivity contribution < 1.29 is 4.74 Å². The summed E-state index contributed by atoms with van der Waals surface area (Å²) in [5.74, 6) is 0.948. The lowest BCUT2D eigenvalue weighted by Gasteiger charge is -2.19. The predicted octanol–water partition coefficient (Wildman–Crippen LogP) is 2.32. The van der Waals surface area contributed by atoms with Crippen molar-refractivity contribution in [2.75, 3.05) is 38.8 Å². The molecule has 0 fully saturated rings. The van der Waals surface area contributed by atoms with Gasteiger partial charge in [0.15, 0.2) is 0 Å². The van der Waals surface area contributed by atoms with E-state index >= 15 is 0 Å². The van der Waals surface area contributed by atoms with Gasteiger partial charge in [0, 0.05) is 33.9 Å². The molecule has 0 saturated heterocycles. The Morgan fingerprint density at radius 1 is 1.44 bits per heavy atom. The number of hydrogen-bond acceptors (Lipinski definition) is 4. The maximum absolute atomic E-state index is 6.12. The fourth-order valence-corrected chi connectivity index (χ4v) is 1.79. The Morgan fingerprint density at radius 2 is 2.22 bits per heavy atom. The summed E-state index contributed by atoms with van der Waals surface area (Å²) in [5, 5.41) is 3.95. The van der Waals surface area contributed by atoms with Crippen LogP contribution in [0, 0.1) is 0 Å². The summed E-state index contributed by atoms with van der Waals surface area (Å²) >= 11 is 6.12. The van der Waals surface area contributed by atoms with Crippen molar-refractivity contribution in [2.24, 2.45) is 0 Å². The Balaban J connectivity index is 2.64. The van der Waals surface area contributed by atoms with Crippen molar-refractivity contribution in [3.63, 3.8) is 0 Å². The van der Waals surface area contributed by atoms with Crippen LogP contribution in [0.1, 0.15) is 19.0 Å². The molecular formula is C13H22ClN3O. The normalized spacial score (nSPS) is 10.7. The average molecular weight is 272 g/mol. The standard InChI is InChI=1S/C13H22ClN3O/c1-4-15-10-12-11(14)6-7-13(16-12)17(2)8-5-9-18-3/h6-7,15H,4-5,8-10H2,1-3H3. The maximum atomic E-state index is 6.12. The van der Waals surface area contributed by atoms with Crippen LogP contribution in [0.2, 0.25) is 5.02 Å². The molecular weight excluding hydrogens is 250 g/mol. The summed E-state index contributed by atoms with van der Waals surface area (Å²) in [6, 6.07) is 3.86. The number of halogens is 1. The number of nitrogens with zero attached hydrogens (tertiary/aromatic N) is 2. The van der Waals surface area contributed by atoms with Crippen molar-refractivity contribution in [1.82, 2.24) is 10.3 Å². The Morgan fingerprint density at radius 3 is 2.89 bits per heavy atom. The highest BCUT2D eigenvalue weighted by atomic mass is 35.5. The van der Waals surface area contributed by atoms with E-state index in [9.17, 15) is 0 Å². The summed E-state index contributed by atoms with van der Waals surface area (Å²) in [7, 11) is 3.75. The molecule has 18 heavy (non-hydrogen) atoms. The first kappa shape index (κ1) is 15.2. The van der Waals surface area contributed by atoms with Crippen LogP contribution < -0.4 is 10.2 Å². The highest BCUT2D eigenvalue weighted by Gasteiger charge is 2.07. The molecule has 1 heterocycles. The van der Waals surface area contributed by atoms with Gasteiger partial charge < -0.3 is 15.0 Å². The van der Waals surface area contributed by atoms with E-state index in [-0.39, 0.29) is 0 Å². The van der Waals surface area contributed by atoms with Gasteiger partial charge in [-0.1, -0.05) is 18.5 Å². The topological polar surface area (TPSA) is 37.4 Å². The van der Waals surface area contributed by atoms with Crippen LogP contribution in [0.25, 0.3) is 0 Å². The summed E-state index contributed by atoms with van der Waals surface area (Å²) in [6.07, 6.45) is 0.986. The number of anilines is 1. The molecule has 1 aromatic heterocycles. The van der Waals surface area contributed by atoms with Crippen molar-refractivity contribution in [3.05, 3.63) is 22.8 Å². The van der Waals surface area contributed by atoms with E-state index in [4.69, 9.17) is 16.3 Å². The van der Waals surface area contributed by atoms with Gasteiger partial charge in [-0.05, 0) is 25.1 Å². The number of nitrogens with one attached hydrogen (secondary N) is 1. The summed E-state index contributed by atoms with van der Waals surface area (Å²) in [4.78, 5) is 6.69. The van der Waals surface area contributed by atoms with E-state index in [2.05, 4.69) is 22.1 Å². The van der Waals surface area contributed by atoms with Crippen LogP contribution in [-0.2, 0) is 11.3 Å². The molecule has 102 valence electrons. The molecule has 5 heteroatoms. The molecule has 0 aliphatic heterocycles. The van der Waals surface area contributed by atoms with Gasteiger partial charge in [0.25, 0.3) is 0 Å². The predicted molar refractivity (Wildman–Crippen MR) is 76.4 cm³/mol. The number of aromatic nitrogens is 1. The minimum Gasteiger partial charge on any atom is -0.385 e. The van der Waals surface area contributed by atoms with Gasteiger partial charge in [-0.3, -0.25) is 0 Å². The Kier molecular flexibility index (Phi) is 7.01. The van der Waals surface area contributed by atoms with E-state index in [1.54, 1.807) is 7.11 Å². The molecule has 1 N–H and O–H groups in total. The molecule has 0 saturated carbocycles. The zero-order valence-corrected chi connectivity index (χ0v) is 12.1. The molecule has 0 radical (unpaired) electrons. The first-order chi connectivity index (χ1) is 8.69. The minimum absolute atomic E-state index is 0.703. The monoisotopic (exact) mass is 271 g/mol. The van der Waals surface area contributed by atoms with Gasteiger partial charge in [0.1, 0.15) is 5.82 Å². The zero-order valence-electron chi connectivity index (χ0n) is 11.4. The third-order valence-corrected chi connectivity index (χ3v) is 3.02. The van der Waals surface area contributed by atoms with Gasteiger partial charge in [0.05, 0.1) is 10.7 Å².